The minimum absolute atomic E-state index is 0.0246. The summed E-state index contributed by atoms with van der Waals surface area (Å²) >= 11 is 0. The Morgan fingerprint density at radius 3 is 2.26 bits per heavy atom. The number of aryl methyl sites for hydroxylation is 2. The molecule has 0 fully saturated rings. The molecule has 0 saturated carbocycles. The van der Waals surface area contributed by atoms with Gasteiger partial charge in [0.1, 0.15) is 0 Å². The van der Waals surface area contributed by atoms with Crippen LogP contribution in [-0.2, 0) is 16.1 Å². The van der Waals surface area contributed by atoms with Gasteiger partial charge in [-0.15, -0.1) is 0 Å². The molecule has 0 aliphatic heterocycles. The monoisotopic (exact) mass is 476 g/mol. The Hall–Kier alpha value is -3.66. The van der Waals surface area contributed by atoms with Gasteiger partial charge in [-0.1, -0.05) is 42.0 Å². The van der Waals surface area contributed by atoms with Crippen LogP contribution in [0.1, 0.15) is 30.0 Å². The van der Waals surface area contributed by atoms with Crippen LogP contribution in [0.15, 0.2) is 54.7 Å². The molecule has 1 amide bonds. The molecule has 2 aromatic carbocycles. The Labute approximate surface area is 195 Å². The summed E-state index contributed by atoms with van der Waals surface area (Å²) in [6.45, 7) is 6.81. The quantitative estimate of drug-likeness (QED) is 0.391. The molecule has 182 valence electrons. The molecule has 0 aliphatic carbocycles. The molecule has 1 atom stereocenters. The normalized spacial score (nSPS) is 11.8. The van der Waals surface area contributed by atoms with Crippen molar-refractivity contribution < 1.29 is 27.9 Å². The van der Waals surface area contributed by atoms with Crippen molar-refractivity contribution in [3.63, 3.8) is 0 Å². The molecule has 34 heavy (non-hydrogen) atoms. The number of hydrogen-bond acceptors (Lipinski definition) is 4. The highest BCUT2D eigenvalue weighted by molar-refractivity contribution is 5.91. The minimum Gasteiger partial charge on any atom is -0.475 e. The van der Waals surface area contributed by atoms with Gasteiger partial charge in [0, 0.05) is 30.9 Å². The van der Waals surface area contributed by atoms with Gasteiger partial charge in [-0.3, -0.25) is 9.89 Å². The summed E-state index contributed by atoms with van der Waals surface area (Å²) in [6, 6.07) is 16.4. The number of carbonyl (C=O) groups excluding carboxylic acids is 1. The number of anilines is 1. The number of aromatic amines is 1. The van der Waals surface area contributed by atoms with Crippen LogP contribution in [0.5, 0.6) is 0 Å². The van der Waals surface area contributed by atoms with Crippen molar-refractivity contribution in [2.24, 2.45) is 0 Å². The van der Waals surface area contributed by atoms with E-state index >= 15 is 0 Å². The van der Waals surface area contributed by atoms with Crippen molar-refractivity contribution in [2.75, 3.05) is 5.32 Å². The highest BCUT2D eigenvalue weighted by Gasteiger charge is 2.38. The van der Waals surface area contributed by atoms with E-state index in [0.717, 1.165) is 29.1 Å². The molecular formula is C24H27F3N4O3. The maximum absolute atomic E-state index is 12.3. The number of carboxylic acid groups (broad SMARTS) is 1. The third kappa shape index (κ3) is 8.70. The number of aliphatic carboxylic acids is 1. The van der Waals surface area contributed by atoms with E-state index in [9.17, 15) is 18.0 Å². The van der Waals surface area contributed by atoms with Crippen molar-refractivity contribution >= 4 is 17.6 Å². The lowest BCUT2D eigenvalue weighted by Gasteiger charge is -2.15. The Morgan fingerprint density at radius 2 is 1.74 bits per heavy atom. The number of nitrogens with zero attached hydrogens (tertiary/aromatic N) is 1. The molecule has 4 N–H and O–H groups in total. The fourth-order valence-corrected chi connectivity index (χ4v) is 3.02. The topological polar surface area (TPSA) is 107 Å². The van der Waals surface area contributed by atoms with Gasteiger partial charge in [0.25, 0.3) is 0 Å². The molecule has 0 spiro atoms. The molecule has 3 aromatic rings. The van der Waals surface area contributed by atoms with Crippen LogP contribution in [0.2, 0.25) is 0 Å². The first-order chi connectivity index (χ1) is 16.0. The SMILES string of the molecule is Cc1ccc(NC(=O)CC(C)NCc2ccc(-c3ccn[nH]3)cc2)c(C)c1.O=C(O)C(F)(F)F. The second kappa shape index (κ2) is 12.0. The summed E-state index contributed by atoms with van der Waals surface area (Å²) in [7, 11) is 0. The fraction of sp³-hybridized carbons (Fsp3) is 0.292. The minimum atomic E-state index is -5.08. The summed E-state index contributed by atoms with van der Waals surface area (Å²) < 4.78 is 31.7. The van der Waals surface area contributed by atoms with Crippen molar-refractivity contribution in [3.05, 3.63) is 71.4 Å². The summed E-state index contributed by atoms with van der Waals surface area (Å²) in [4.78, 5) is 21.2. The Morgan fingerprint density at radius 1 is 1.09 bits per heavy atom. The highest BCUT2D eigenvalue weighted by Crippen LogP contribution is 2.18. The van der Waals surface area contributed by atoms with Gasteiger partial charge < -0.3 is 15.7 Å². The molecule has 10 heteroatoms. The number of nitrogens with one attached hydrogen (secondary N) is 3. The summed E-state index contributed by atoms with van der Waals surface area (Å²) in [6.07, 6.45) is -2.91. The number of amides is 1. The van der Waals surface area contributed by atoms with Crippen LogP contribution in [0, 0.1) is 13.8 Å². The van der Waals surface area contributed by atoms with E-state index < -0.39 is 12.1 Å². The van der Waals surface area contributed by atoms with Gasteiger partial charge in [0.15, 0.2) is 0 Å². The lowest BCUT2D eigenvalue weighted by Crippen LogP contribution is -2.30. The van der Waals surface area contributed by atoms with E-state index in [4.69, 9.17) is 9.90 Å². The third-order valence-corrected chi connectivity index (χ3v) is 4.81. The standard InChI is InChI=1S/C22H26N4O.C2HF3O2/c1-15-4-9-20(16(2)12-15)25-22(27)13-17(3)23-14-18-5-7-19(8-6-18)21-10-11-24-26-21;3-2(4,5)1(6)7/h4-12,17,23H,13-14H2,1-3H3,(H,24,26)(H,25,27);(H,6,7). The number of carbonyl (C=O) groups is 2. The maximum atomic E-state index is 12.3. The number of benzene rings is 2. The van der Waals surface area contributed by atoms with Gasteiger partial charge >= 0.3 is 12.1 Å². The fourth-order valence-electron chi connectivity index (χ4n) is 3.02. The predicted molar refractivity (Wildman–Crippen MR) is 123 cm³/mol. The largest absolute Gasteiger partial charge is 0.490 e. The van der Waals surface area contributed by atoms with E-state index in [1.165, 1.54) is 11.1 Å². The molecular weight excluding hydrogens is 449 g/mol. The molecule has 1 aromatic heterocycles. The second-order valence-corrected chi connectivity index (χ2v) is 7.82. The predicted octanol–water partition coefficient (Wildman–Crippen LogP) is 4.83. The zero-order valence-corrected chi connectivity index (χ0v) is 19.0. The molecule has 0 radical (unpaired) electrons. The number of alkyl halides is 3. The van der Waals surface area contributed by atoms with Gasteiger partial charge in [-0.2, -0.15) is 18.3 Å². The number of carboxylic acids is 1. The first-order valence-corrected chi connectivity index (χ1v) is 10.4. The average molecular weight is 476 g/mol. The van der Waals surface area contributed by atoms with Crippen LogP contribution in [-0.4, -0.2) is 39.4 Å². The Bertz CT molecular complexity index is 1080. The zero-order valence-electron chi connectivity index (χ0n) is 19.0. The van der Waals surface area contributed by atoms with Gasteiger partial charge in [-0.25, -0.2) is 4.79 Å². The van der Waals surface area contributed by atoms with E-state index in [1.54, 1.807) is 6.20 Å². The van der Waals surface area contributed by atoms with E-state index in [1.807, 2.05) is 39.0 Å². The van der Waals surface area contributed by atoms with Crippen LogP contribution < -0.4 is 10.6 Å². The molecule has 7 nitrogen and oxygen atoms in total. The Balaban J connectivity index is 0.000000509. The van der Waals surface area contributed by atoms with Crippen LogP contribution >= 0.6 is 0 Å². The van der Waals surface area contributed by atoms with Crippen molar-refractivity contribution in [3.8, 4) is 11.3 Å². The van der Waals surface area contributed by atoms with Gasteiger partial charge in [-0.05, 0) is 49.6 Å². The lowest BCUT2D eigenvalue weighted by atomic mass is 10.1. The molecule has 1 unspecified atom stereocenters. The molecule has 3 rings (SSSR count). The van der Waals surface area contributed by atoms with Crippen molar-refractivity contribution in [2.45, 2.75) is 46.0 Å². The van der Waals surface area contributed by atoms with Crippen LogP contribution in [0.25, 0.3) is 11.3 Å². The lowest BCUT2D eigenvalue weighted by molar-refractivity contribution is -0.192. The Kier molecular flexibility index (Phi) is 9.37. The van der Waals surface area contributed by atoms with E-state index in [2.05, 4.69) is 51.2 Å². The number of rotatable bonds is 7. The smallest absolute Gasteiger partial charge is 0.475 e. The third-order valence-electron chi connectivity index (χ3n) is 4.81. The number of halogens is 3. The highest BCUT2D eigenvalue weighted by atomic mass is 19.4. The van der Waals surface area contributed by atoms with E-state index in [-0.39, 0.29) is 11.9 Å². The second-order valence-electron chi connectivity index (χ2n) is 7.82. The summed E-state index contributed by atoms with van der Waals surface area (Å²) in [5.74, 6) is -2.73. The van der Waals surface area contributed by atoms with Crippen molar-refractivity contribution in [1.29, 1.82) is 0 Å². The van der Waals surface area contributed by atoms with Gasteiger partial charge in [0.05, 0.1) is 5.69 Å². The zero-order chi connectivity index (χ0) is 25.3. The number of hydrogen-bond donors (Lipinski definition) is 4. The molecule has 1 heterocycles. The number of aromatic nitrogens is 2. The van der Waals surface area contributed by atoms with Crippen molar-refractivity contribution in [1.82, 2.24) is 15.5 Å². The molecule has 0 aliphatic rings. The van der Waals surface area contributed by atoms with E-state index in [0.29, 0.717) is 6.42 Å². The maximum Gasteiger partial charge on any atom is 0.490 e. The van der Waals surface area contributed by atoms with Crippen LogP contribution in [0.3, 0.4) is 0 Å². The first kappa shape index (κ1) is 26.6. The van der Waals surface area contributed by atoms with Crippen LogP contribution in [0.4, 0.5) is 18.9 Å². The van der Waals surface area contributed by atoms with Gasteiger partial charge in [0.2, 0.25) is 5.91 Å². The molecule has 0 saturated heterocycles. The summed E-state index contributed by atoms with van der Waals surface area (Å²) in [5.41, 5.74) is 6.45. The average Bonchev–Trinajstić information content (AvgIpc) is 3.29. The summed E-state index contributed by atoms with van der Waals surface area (Å²) in [5, 5.41) is 20.5. The molecule has 0 bridgehead atoms. The first-order valence-electron chi connectivity index (χ1n) is 10.4. The number of H-pyrrole nitrogens is 1.